The molecule has 0 spiro atoms. The summed E-state index contributed by atoms with van der Waals surface area (Å²) in [6, 6.07) is 0. The van der Waals surface area contributed by atoms with Gasteiger partial charge in [0.25, 0.3) is 0 Å². The molecule has 0 fully saturated rings. The molecule has 86 valence electrons. The molecule has 0 aromatic carbocycles. The van der Waals surface area contributed by atoms with Gasteiger partial charge in [0.1, 0.15) is 11.1 Å². The first kappa shape index (κ1) is 12.4. The van der Waals surface area contributed by atoms with Crippen LogP contribution < -0.4 is 0 Å². The highest BCUT2D eigenvalue weighted by Gasteiger charge is 2.37. The van der Waals surface area contributed by atoms with Crippen molar-refractivity contribution in [2.45, 2.75) is 43.3 Å². The summed E-state index contributed by atoms with van der Waals surface area (Å²) in [5, 5.41) is 5.00. The number of aromatic nitrogens is 3. The molecule has 0 saturated carbocycles. The highest BCUT2D eigenvalue weighted by molar-refractivity contribution is 7.99. The van der Waals surface area contributed by atoms with Crippen LogP contribution >= 0.6 is 11.8 Å². The van der Waals surface area contributed by atoms with Crippen molar-refractivity contribution in [1.82, 2.24) is 15.2 Å². The van der Waals surface area contributed by atoms with Crippen molar-refractivity contribution in [1.29, 1.82) is 0 Å². The Labute approximate surface area is 89.9 Å². The van der Waals surface area contributed by atoms with Gasteiger partial charge >= 0.3 is 6.18 Å². The van der Waals surface area contributed by atoms with E-state index in [0.29, 0.717) is 24.0 Å². The molecule has 1 aromatic rings. The summed E-state index contributed by atoms with van der Waals surface area (Å²) < 4.78 is 36.6. The second kappa shape index (κ2) is 4.87. The lowest BCUT2D eigenvalue weighted by Crippen LogP contribution is -2.22. The number of alkyl halides is 3. The molecule has 1 aromatic heterocycles. The molecular formula is C8H12F3N3S. The lowest BCUT2D eigenvalue weighted by Gasteiger charge is -2.12. The van der Waals surface area contributed by atoms with Gasteiger partial charge in [-0.1, -0.05) is 18.7 Å². The van der Waals surface area contributed by atoms with Gasteiger partial charge in [-0.05, 0) is 13.3 Å². The molecule has 3 nitrogen and oxygen atoms in total. The summed E-state index contributed by atoms with van der Waals surface area (Å²) in [6.45, 7) is 3.06. The van der Waals surface area contributed by atoms with Crippen LogP contribution in [-0.4, -0.2) is 26.6 Å². The van der Waals surface area contributed by atoms with Crippen LogP contribution in [0.15, 0.2) is 5.16 Å². The molecule has 0 unspecified atom stereocenters. The van der Waals surface area contributed by atoms with Crippen LogP contribution in [0.3, 0.4) is 0 Å². The van der Waals surface area contributed by atoms with Crippen LogP contribution in [0.5, 0.6) is 0 Å². The Bertz CT molecular complexity index is 310. The predicted octanol–water partition coefficient (Wildman–Crippen LogP) is 2.80. The molecule has 0 bridgehead atoms. The maximum Gasteiger partial charge on any atom is 0.400 e. The third kappa shape index (κ3) is 3.73. The fourth-order valence-corrected chi connectivity index (χ4v) is 1.62. The highest BCUT2D eigenvalue weighted by atomic mass is 32.2. The van der Waals surface area contributed by atoms with Crippen molar-refractivity contribution in [2.24, 2.45) is 0 Å². The quantitative estimate of drug-likeness (QED) is 0.821. The Morgan fingerprint density at radius 2 is 2.13 bits per heavy atom. The van der Waals surface area contributed by atoms with E-state index < -0.39 is 11.4 Å². The average molecular weight is 239 g/mol. The van der Waals surface area contributed by atoms with Crippen LogP contribution in [0.1, 0.15) is 26.1 Å². The number of aryl methyl sites for hydroxylation is 1. The third-order valence-corrected chi connectivity index (χ3v) is 2.76. The van der Waals surface area contributed by atoms with Crippen LogP contribution in [-0.2, 0) is 6.42 Å². The largest absolute Gasteiger partial charge is 0.400 e. The fraction of sp³-hybridized carbons (Fsp3) is 0.750. The van der Waals surface area contributed by atoms with Gasteiger partial charge in [0, 0.05) is 6.42 Å². The summed E-state index contributed by atoms with van der Waals surface area (Å²) in [5.41, 5.74) is 0. The number of hydrogen-bond donors (Lipinski definition) is 1. The van der Waals surface area contributed by atoms with Gasteiger partial charge in [-0.3, -0.25) is 5.10 Å². The van der Waals surface area contributed by atoms with Crippen molar-refractivity contribution in [3.05, 3.63) is 5.82 Å². The van der Waals surface area contributed by atoms with Crippen molar-refractivity contribution in [2.75, 3.05) is 0 Å². The molecule has 0 amide bonds. The maximum absolute atomic E-state index is 12.2. The van der Waals surface area contributed by atoms with Crippen LogP contribution in [0.2, 0.25) is 0 Å². The number of aromatic amines is 1. The zero-order valence-electron chi connectivity index (χ0n) is 8.43. The highest BCUT2D eigenvalue weighted by Crippen LogP contribution is 2.32. The molecule has 1 rings (SSSR count). The van der Waals surface area contributed by atoms with Gasteiger partial charge < -0.3 is 0 Å². The van der Waals surface area contributed by atoms with E-state index in [1.807, 2.05) is 6.92 Å². The summed E-state index contributed by atoms with van der Waals surface area (Å²) in [6.07, 6.45) is -2.63. The number of hydrogen-bond acceptors (Lipinski definition) is 3. The zero-order chi connectivity index (χ0) is 11.5. The lowest BCUT2D eigenvalue weighted by atomic mass is 10.3. The van der Waals surface area contributed by atoms with Crippen molar-refractivity contribution in [3.8, 4) is 0 Å². The van der Waals surface area contributed by atoms with Crippen molar-refractivity contribution in [3.63, 3.8) is 0 Å². The number of halogens is 3. The minimum absolute atomic E-state index is 0.156. The van der Waals surface area contributed by atoms with Gasteiger partial charge in [0.05, 0.1) is 0 Å². The van der Waals surface area contributed by atoms with Crippen LogP contribution in [0.25, 0.3) is 0 Å². The number of H-pyrrole nitrogens is 1. The normalized spacial score (nSPS) is 14.2. The molecule has 0 aliphatic carbocycles. The summed E-state index contributed by atoms with van der Waals surface area (Å²) in [5.74, 6) is 0.634. The smallest absolute Gasteiger partial charge is 0.262 e. The second-order valence-electron chi connectivity index (χ2n) is 3.12. The standard InChI is InChI=1S/C8H12F3N3S/c1-3-4-6-12-7(14-13-6)15-5(2)8(9,10)11/h5H,3-4H2,1-2H3,(H,12,13,14)/t5-/m1/s1. The van der Waals surface area contributed by atoms with E-state index in [4.69, 9.17) is 0 Å². The Hall–Kier alpha value is -0.720. The molecular weight excluding hydrogens is 227 g/mol. The first-order valence-electron chi connectivity index (χ1n) is 4.58. The Kier molecular flexibility index (Phi) is 4.01. The monoisotopic (exact) mass is 239 g/mol. The third-order valence-electron chi connectivity index (χ3n) is 1.74. The number of nitrogens with zero attached hydrogens (tertiary/aromatic N) is 2. The van der Waals surface area contributed by atoms with E-state index in [1.165, 1.54) is 0 Å². The van der Waals surface area contributed by atoms with E-state index in [0.717, 1.165) is 13.3 Å². The number of thioether (sulfide) groups is 1. The minimum atomic E-state index is -4.21. The van der Waals surface area contributed by atoms with Crippen LogP contribution in [0, 0.1) is 0 Å². The van der Waals surface area contributed by atoms with E-state index >= 15 is 0 Å². The molecule has 0 aliphatic rings. The van der Waals surface area contributed by atoms with E-state index in [2.05, 4.69) is 15.2 Å². The molecule has 0 saturated heterocycles. The Morgan fingerprint density at radius 3 is 2.67 bits per heavy atom. The predicted molar refractivity (Wildman–Crippen MR) is 51.8 cm³/mol. The lowest BCUT2D eigenvalue weighted by molar-refractivity contribution is -0.125. The van der Waals surface area contributed by atoms with E-state index in [-0.39, 0.29) is 5.16 Å². The minimum Gasteiger partial charge on any atom is -0.262 e. The van der Waals surface area contributed by atoms with E-state index in [1.54, 1.807) is 0 Å². The summed E-state index contributed by atoms with van der Waals surface area (Å²) in [4.78, 5) is 3.95. The number of nitrogens with one attached hydrogen (secondary N) is 1. The van der Waals surface area contributed by atoms with Gasteiger partial charge in [-0.25, -0.2) is 4.98 Å². The molecule has 15 heavy (non-hydrogen) atoms. The second-order valence-corrected chi connectivity index (χ2v) is 4.42. The number of rotatable bonds is 4. The molecule has 1 atom stereocenters. The zero-order valence-corrected chi connectivity index (χ0v) is 9.24. The van der Waals surface area contributed by atoms with Gasteiger partial charge in [-0.2, -0.15) is 13.2 Å². The molecule has 0 aliphatic heterocycles. The first-order chi connectivity index (χ1) is 6.93. The van der Waals surface area contributed by atoms with Gasteiger partial charge in [0.2, 0.25) is 5.16 Å². The molecule has 0 radical (unpaired) electrons. The molecule has 1 heterocycles. The van der Waals surface area contributed by atoms with Gasteiger partial charge in [0.15, 0.2) is 0 Å². The average Bonchev–Trinajstić information content (AvgIpc) is 2.51. The van der Waals surface area contributed by atoms with Crippen molar-refractivity contribution < 1.29 is 13.2 Å². The summed E-state index contributed by atoms with van der Waals surface area (Å²) in [7, 11) is 0. The van der Waals surface area contributed by atoms with Crippen molar-refractivity contribution >= 4 is 11.8 Å². The first-order valence-corrected chi connectivity index (χ1v) is 5.46. The van der Waals surface area contributed by atoms with Gasteiger partial charge in [-0.15, -0.1) is 5.10 Å². The van der Waals surface area contributed by atoms with E-state index in [9.17, 15) is 13.2 Å². The Balaban J connectivity index is 2.57. The topological polar surface area (TPSA) is 41.6 Å². The molecule has 1 N–H and O–H groups in total. The Morgan fingerprint density at radius 1 is 1.47 bits per heavy atom. The maximum atomic E-state index is 12.2. The SMILES string of the molecule is CCCc1nc(S[C@H](C)C(F)(F)F)n[nH]1. The molecule has 7 heteroatoms. The van der Waals surface area contributed by atoms with Crippen LogP contribution in [0.4, 0.5) is 13.2 Å². The fourth-order valence-electron chi connectivity index (χ4n) is 0.904. The summed E-state index contributed by atoms with van der Waals surface area (Å²) >= 11 is 0.619.